The highest BCUT2D eigenvalue weighted by molar-refractivity contribution is 5.84. The van der Waals surface area contributed by atoms with Crippen molar-refractivity contribution in [2.45, 2.75) is 25.3 Å². The van der Waals surface area contributed by atoms with Crippen LogP contribution in [0.15, 0.2) is 30.5 Å². The van der Waals surface area contributed by atoms with Crippen molar-refractivity contribution in [3.8, 4) is 0 Å². The lowest BCUT2D eigenvalue weighted by Gasteiger charge is -2.19. The Bertz CT molecular complexity index is 575. The van der Waals surface area contributed by atoms with E-state index in [1.807, 2.05) is 0 Å². The van der Waals surface area contributed by atoms with Gasteiger partial charge in [-0.3, -0.25) is 4.90 Å². The summed E-state index contributed by atoms with van der Waals surface area (Å²) >= 11 is 0. The molecule has 1 fully saturated rings. The number of β-amino-alcohol motifs (C(OH)–C–C–N with tert-alkyl or cyclic N) is 1. The normalized spacial score (nSPS) is 24.4. The molecule has 0 saturated carbocycles. The second-order valence-electron chi connectivity index (χ2n) is 5.71. The molecule has 1 aliphatic rings. The third kappa shape index (κ3) is 2.17. The number of fused-ring (bicyclic) bond motifs is 1. The number of hydrogen-bond acceptors (Lipinski definition) is 2. The Morgan fingerprint density at radius 3 is 2.89 bits per heavy atom. The first-order valence-corrected chi connectivity index (χ1v) is 7.09. The number of rotatable bonds is 3. The minimum Gasteiger partial charge on any atom is -0.395 e. The molecular weight excluding hydrogens is 236 g/mol. The van der Waals surface area contributed by atoms with Crippen LogP contribution in [0.25, 0.3) is 10.9 Å². The third-order valence-electron chi connectivity index (χ3n) is 4.46. The zero-order valence-corrected chi connectivity index (χ0v) is 11.7. The highest BCUT2D eigenvalue weighted by atomic mass is 16.3. The van der Waals surface area contributed by atoms with E-state index in [1.54, 1.807) is 0 Å². The topological polar surface area (TPSA) is 28.4 Å². The fourth-order valence-corrected chi connectivity index (χ4v) is 3.46. The van der Waals surface area contributed by atoms with Gasteiger partial charge in [-0.1, -0.05) is 18.2 Å². The van der Waals surface area contributed by atoms with Gasteiger partial charge in [-0.2, -0.15) is 0 Å². The third-order valence-corrected chi connectivity index (χ3v) is 4.46. The quantitative estimate of drug-likeness (QED) is 0.915. The Balaban J connectivity index is 1.93. The van der Waals surface area contributed by atoms with E-state index in [-0.39, 0.29) is 6.61 Å². The fourth-order valence-electron chi connectivity index (χ4n) is 3.46. The van der Waals surface area contributed by atoms with Crippen molar-refractivity contribution in [1.29, 1.82) is 0 Å². The number of likely N-dealkylation sites (tertiary alicyclic amines) is 1. The van der Waals surface area contributed by atoms with Crippen LogP contribution in [-0.4, -0.2) is 40.3 Å². The van der Waals surface area contributed by atoms with Gasteiger partial charge >= 0.3 is 0 Å². The van der Waals surface area contributed by atoms with Crippen molar-refractivity contribution in [3.05, 3.63) is 36.0 Å². The van der Waals surface area contributed by atoms with Crippen molar-refractivity contribution in [2.75, 3.05) is 19.7 Å². The van der Waals surface area contributed by atoms with Crippen LogP contribution in [0.2, 0.25) is 0 Å². The smallest absolute Gasteiger partial charge is 0.0558 e. The average molecular weight is 258 g/mol. The molecule has 1 aliphatic heterocycles. The van der Waals surface area contributed by atoms with Crippen molar-refractivity contribution in [3.63, 3.8) is 0 Å². The summed E-state index contributed by atoms with van der Waals surface area (Å²) in [7, 11) is 2.12. The molecule has 2 unspecified atom stereocenters. The van der Waals surface area contributed by atoms with Gasteiger partial charge in [-0.05, 0) is 25.0 Å². The summed E-state index contributed by atoms with van der Waals surface area (Å²) in [5.41, 5.74) is 2.77. The van der Waals surface area contributed by atoms with Gasteiger partial charge in [0.1, 0.15) is 0 Å². The zero-order valence-electron chi connectivity index (χ0n) is 11.7. The lowest BCUT2D eigenvalue weighted by molar-refractivity contribution is 0.191. The number of aliphatic hydroxyl groups is 1. The summed E-state index contributed by atoms with van der Waals surface area (Å²) in [4.78, 5) is 2.40. The van der Waals surface area contributed by atoms with Crippen LogP contribution in [0, 0.1) is 0 Å². The molecule has 1 saturated heterocycles. The molecule has 1 N–H and O–H groups in total. The first kappa shape index (κ1) is 12.7. The van der Waals surface area contributed by atoms with Crippen LogP contribution in [0.4, 0.5) is 0 Å². The standard InChI is InChI=1S/C16H22N2O/c1-12-9-13(10-18(12)7-8-19)15-11-17(2)16-6-4-3-5-14(15)16/h3-6,11-13,19H,7-10H2,1-2H3. The van der Waals surface area contributed by atoms with Gasteiger partial charge in [-0.15, -0.1) is 0 Å². The van der Waals surface area contributed by atoms with Crippen LogP contribution < -0.4 is 0 Å². The summed E-state index contributed by atoms with van der Waals surface area (Å²) < 4.78 is 2.23. The van der Waals surface area contributed by atoms with Crippen molar-refractivity contribution in [2.24, 2.45) is 7.05 Å². The van der Waals surface area contributed by atoms with E-state index < -0.39 is 0 Å². The number of aryl methyl sites for hydroxylation is 1. The minimum atomic E-state index is 0.257. The Kier molecular flexibility index (Phi) is 3.33. The number of nitrogens with zero attached hydrogens (tertiary/aromatic N) is 2. The van der Waals surface area contributed by atoms with Crippen molar-refractivity contribution < 1.29 is 5.11 Å². The van der Waals surface area contributed by atoms with Crippen LogP contribution in [0.3, 0.4) is 0 Å². The summed E-state index contributed by atoms with van der Waals surface area (Å²) in [6, 6.07) is 9.19. The van der Waals surface area contributed by atoms with E-state index in [0.717, 1.165) is 13.1 Å². The monoisotopic (exact) mass is 258 g/mol. The minimum absolute atomic E-state index is 0.257. The second kappa shape index (κ2) is 4.99. The van der Waals surface area contributed by atoms with Gasteiger partial charge in [0.15, 0.2) is 0 Å². The Labute approximate surface area is 114 Å². The molecule has 102 valence electrons. The lowest BCUT2D eigenvalue weighted by Crippen LogP contribution is -2.29. The van der Waals surface area contributed by atoms with E-state index in [0.29, 0.717) is 12.0 Å². The molecule has 3 heteroatoms. The molecule has 0 bridgehead atoms. The van der Waals surface area contributed by atoms with Crippen LogP contribution >= 0.6 is 0 Å². The van der Waals surface area contributed by atoms with Gasteiger partial charge in [-0.25, -0.2) is 0 Å². The summed E-state index contributed by atoms with van der Waals surface area (Å²) in [5, 5.41) is 10.5. The van der Waals surface area contributed by atoms with Gasteiger partial charge in [0.05, 0.1) is 6.61 Å². The highest BCUT2D eigenvalue weighted by Crippen LogP contribution is 2.35. The Morgan fingerprint density at radius 1 is 1.32 bits per heavy atom. The van der Waals surface area contributed by atoms with E-state index >= 15 is 0 Å². The van der Waals surface area contributed by atoms with Crippen molar-refractivity contribution in [1.82, 2.24) is 9.47 Å². The molecule has 1 aromatic heterocycles. The van der Waals surface area contributed by atoms with Crippen LogP contribution in [0.5, 0.6) is 0 Å². The van der Waals surface area contributed by atoms with E-state index in [2.05, 4.69) is 53.9 Å². The number of hydrogen-bond donors (Lipinski definition) is 1. The van der Waals surface area contributed by atoms with Gasteiger partial charge in [0.2, 0.25) is 0 Å². The molecule has 2 heterocycles. The summed E-state index contributed by atoms with van der Waals surface area (Å²) in [5.74, 6) is 0.590. The lowest BCUT2D eigenvalue weighted by atomic mass is 9.96. The highest BCUT2D eigenvalue weighted by Gasteiger charge is 2.31. The van der Waals surface area contributed by atoms with Crippen LogP contribution in [-0.2, 0) is 7.05 Å². The molecule has 3 nitrogen and oxygen atoms in total. The molecule has 0 amide bonds. The molecule has 1 aromatic carbocycles. The van der Waals surface area contributed by atoms with Crippen molar-refractivity contribution >= 4 is 10.9 Å². The molecule has 0 radical (unpaired) electrons. The maximum Gasteiger partial charge on any atom is 0.0558 e. The van der Waals surface area contributed by atoms with E-state index in [1.165, 1.54) is 22.9 Å². The number of para-hydroxylation sites is 1. The second-order valence-corrected chi connectivity index (χ2v) is 5.71. The SMILES string of the molecule is CC1CC(c2cn(C)c3ccccc23)CN1CCO. The summed E-state index contributed by atoms with van der Waals surface area (Å²) in [6.07, 6.45) is 3.47. The van der Waals surface area contributed by atoms with Crippen LogP contribution in [0.1, 0.15) is 24.8 Å². The van der Waals surface area contributed by atoms with Gasteiger partial charge in [0.25, 0.3) is 0 Å². The fraction of sp³-hybridized carbons (Fsp3) is 0.500. The van der Waals surface area contributed by atoms with Gasteiger partial charge in [0, 0.05) is 49.2 Å². The molecule has 0 spiro atoms. The predicted molar refractivity (Wildman–Crippen MR) is 78.4 cm³/mol. The van der Waals surface area contributed by atoms with Gasteiger partial charge < -0.3 is 9.67 Å². The molecule has 3 rings (SSSR count). The molecule has 19 heavy (non-hydrogen) atoms. The number of aromatic nitrogens is 1. The van der Waals surface area contributed by atoms with E-state index in [9.17, 15) is 0 Å². The maximum atomic E-state index is 9.13. The molecule has 0 aliphatic carbocycles. The maximum absolute atomic E-state index is 9.13. The Morgan fingerprint density at radius 2 is 2.11 bits per heavy atom. The Hall–Kier alpha value is -1.32. The number of benzene rings is 1. The predicted octanol–water partition coefficient (Wildman–Crippen LogP) is 2.35. The first-order valence-electron chi connectivity index (χ1n) is 7.09. The molecule has 2 aromatic rings. The molecule has 2 atom stereocenters. The average Bonchev–Trinajstić information content (AvgIpc) is 2.93. The largest absolute Gasteiger partial charge is 0.395 e. The first-order chi connectivity index (χ1) is 9.20. The zero-order chi connectivity index (χ0) is 13.4. The van der Waals surface area contributed by atoms with E-state index in [4.69, 9.17) is 5.11 Å². The molecular formula is C16H22N2O. The number of aliphatic hydroxyl groups excluding tert-OH is 1. The summed E-state index contributed by atoms with van der Waals surface area (Å²) in [6.45, 7) is 4.38.